The molecule has 0 aliphatic carbocycles. The van der Waals surface area contributed by atoms with Crippen LogP contribution in [-0.4, -0.2) is 12.6 Å². The highest BCUT2D eigenvalue weighted by Crippen LogP contribution is 2.14. The second kappa shape index (κ2) is 8.40. The summed E-state index contributed by atoms with van der Waals surface area (Å²) < 4.78 is 5.11. The van der Waals surface area contributed by atoms with E-state index < -0.39 is 6.09 Å². The summed E-state index contributed by atoms with van der Waals surface area (Å²) in [6, 6.07) is 17.2. The Bertz CT molecular complexity index is 731. The third-order valence-corrected chi connectivity index (χ3v) is 3.31. The monoisotopic (exact) mass is 306 g/mol. The number of alkyl carbamates (subject to hydrolysis) is 1. The molecule has 1 N–H and O–H groups in total. The minimum atomic E-state index is -0.469. The number of carbonyl (C=O) groups excluding carboxylic acids is 1. The summed E-state index contributed by atoms with van der Waals surface area (Å²) in [6.45, 7) is 2.53. The minimum Gasteiger partial charge on any atom is -0.445 e. The highest BCUT2D eigenvalue weighted by atomic mass is 16.5. The van der Waals surface area contributed by atoms with Gasteiger partial charge in [0.05, 0.1) is 11.6 Å². The van der Waals surface area contributed by atoms with Gasteiger partial charge in [-0.25, -0.2) is 4.79 Å². The van der Waals surface area contributed by atoms with E-state index in [9.17, 15) is 4.79 Å². The minimum absolute atomic E-state index is 0.243. The first-order valence-electron chi connectivity index (χ1n) is 7.31. The van der Waals surface area contributed by atoms with Crippen molar-refractivity contribution in [2.24, 2.45) is 0 Å². The normalized spacial score (nSPS) is 10.3. The van der Waals surface area contributed by atoms with E-state index in [0.717, 1.165) is 16.7 Å². The molecule has 0 fully saturated rings. The molecule has 0 saturated carbocycles. The van der Waals surface area contributed by atoms with Crippen LogP contribution in [0.1, 0.15) is 22.3 Å². The number of hydrogen-bond acceptors (Lipinski definition) is 3. The maximum absolute atomic E-state index is 11.6. The maximum atomic E-state index is 11.6. The molecule has 1 amide bonds. The van der Waals surface area contributed by atoms with Gasteiger partial charge in [0.25, 0.3) is 0 Å². The summed E-state index contributed by atoms with van der Waals surface area (Å²) in [6.07, 6.45) is 3.17. The fourth-order valence-electron chi connectivity index (χ4n) is 2.09. The average Bonchev–Trinajstić information content (AvgIpc) is 2.58. The number of rotatable bonds is 5. The number of aryl methyl sites for hydroxylation is 1. The largest absolute Gasteiger partial charge is 0.445 e. The molecule has 0 aromatic heterocycles. The predicted molar refractivity (Wildman–Crippen MR) is 89.6 cm³/mol. The number of amides is 1. The highest BCUT2D eigenvalue weighted by molar-refractivity contribution is 5.68. The van der Waals surface area contributed by atoms with Gasteiger partial charge >= 0.3 is 6.09 Å². The van der Waals surface area contributed by atoms with Crippen molar-refractivity contribution in [1.29, 1.82) is 5.26 Å². The molecule has 0 unspecified atom stereocenters. The van der Waals surface area contributed by atoms with Crippen LogP contribution in [0.2, 0.25) is 0 Å². The van der Waals surface area contributed by atoms with Gasteiger partial charge in [-0.3, -0.25) is 0 Å². The molecule has 2 aromatic rings. The first-order valence-corrected chi connectivity index (χ1v) is 7.31. The lowest BCUT2D eigenvalue weighted by Crippen LogP contribution is -2.24. The topological polar surface area (TPSA) is 62.1 Å². The van der Waals surface area contributed by atoms with E-state index in [-0.39, 0.29) is 6.61 Å². The zero-order chi connectivity index (χ0) is 16.5. The van der Waals surface area contributed by atoms with Crippen molar-refractivity contribution in [2.45, 2.75) is 13.5 Å². The van der Waals surface area contributed by atoms with Gasteiger partial charge in [0.2, 0.25) is 0 Å². The summed E-state index contributed by atoms with van der Waals surface area (Å²) >= 11 is 0. The Labute approximate surface area is 136 Å². The Morgan fingerprint density at radius 1 is 1.22 bits per heavy atom. The first-order chi connectivity index (χ1) is 11.2. The third kappa shape index (κ3) is 5.01. The number of nitrogens with one attached hydrogen (secondary N) is 1. The van der Waals surface area contributed by atoms with Gasteiger partial charge in [0, 0.05) is 6.54 Å². The molecule has 4 nitrogen and oxygen atoms in total. The highest BCUT2D eigenvalue weighted by Gasteiger charge is 2.02. The number of ether oxygens (including phenoxy) is 1. The van der Waals surface area contributed by atoms with Gasteiger partial charge in [0.1, 0.15) is 6.61 Å². The molecule has 0 heterocycles. The van der Waals surface area contributed by atoms with Crippen LogP contribution in [0.15, 0.2) is 54.6 Å². The van der Waals surface area contributed by atoms with E-state index in [1.807, 2.05) is 55.5 Å². The summed E-state index contributed by atoms with van der Waals surface area (Å²) in [5, 5.41) is 11.7. The molecule has 2 aromatic carbocycles. The Morgan fingerprint density at radius 2 is 2.00 bits per heavy atom. The van der Waals surface area contributed by atoms with E-state index in [1.165, 1.54) is 0 Å². The molecule has 0 aliphatic heterocycles. The van der Waals surface area contributed by atoms with E-state index in [1.54, 1.807) is 12.1 Å². The maximum Gasteiger partial charge on any atom is 0.407 e. The summed E-state index contributed by atoms with van der Waals surface area (Å²) in [4.78, 5) is 11.6. The van der Waals surface area contributed by atoms with Crippen molar-refractivity contribution >= 4 is 12.2 Å². The van der Waals surface area contributed by atoms with E-state index in [0.29, 0.717) is 12.1 Å². The molecule has 0 spiro atoms. The molecule has 0 saturated heterocycles. The number of hydrogen-bond donors (Lipinski definition) is 1. The Kier molecular flexibility index (Phi) is 5.96. The van der Waals surface area contributed by atoms with Crippen LogP contribution in [0.25, 0.3) is 6.08 Å². The van der Waals surface area contributed by atoms with Crippen LogP contribution in [0.4, 0.5) is 4.79 Å². The van der Waals surface area contributed by atoms with Crippen LogP contribution in [-0.2, 0) is 11.3 Å². The van der Waals surface area contributed by atoms with Crippen LogP contribution >= 0.6 is 0 Å². The molecular formula is C19H18N2O2. The number of carbonyl (C=O) groups is 1. The quantitative estimate of drug-likeness (QED) is 0.913. The fraction of sp³-hybridized carbons (Fsp3) is 0.158. The van der Waals surface area contributed by atoms with Crippen molar-refractivity contribution in [3.63, 3.8) is 0 Å². The van der Waals surface area contributed by atoms with Crippen LogP contribution in [0.3, 0.4) is 0 Å². The second-order valence-corrected chi connectivity index (χ2v) is 4.99. The first kappa shape index (κ1) is 16.3. The molecular weight excluding hydrogens is 288 g/mol. The van der Waals surface area contributed by atoms with Crippen molar-refractivity contribution in [3.8, 4) is 6.07 Å². The van der Waals surface area contributed by atoms with Crippen LogP contribution in [0, 0.1) is 18.3 Å². The van der Waals surface area contributed by atoms with Gasteiger partial charge in [-0.15, -0.1) is 0 Å². The molecule has 2 rings (SSSR count). The molecule has 4 heteroatoms. The van der Waals surface area contributed by atoms with Crippen molar-refractivity contribution in [1.82, 2.24) is 5.32 Å². The Hall–Kier alpha value is -3.06. The zero-order valence-corrected chi connectivity index (χ0v) is 13.0. The van der Waals surface area contributed by atoms with E-state index in [2.05, 4.69) is 11.4 Å². The van der Waals surface area contributed by atoms with Crippen molar-refractivity contribution < 1.29 is 9.53 Å². The molecule has 116 valence electrons. The van der Waals surface area contributed by atoms with Crippen molar-refractivity contribution in [2.75, 3.05) is 6.54 Å². The van der Waals surface area contributed by atoms with Crippen LogP contribution in [0.5, 0.6) is 0 Å². The SMILES string of the molecule is Cc1cccc(C#N)c1C=CCNC(=O)OCc1ccccc1. The number of nitriles is 1. The predicted octanol–water partition coefficient (Wildman–Crippen LogP) is 3.81. The average molecular weight is 306 g/mol. The molecule has 0 radical (unpaired) electrons. The smallest absolute Gasteiger partial charge is 0.407 e. The zero-order valence-electron chi connectivity index (χ0n) is 13.0. The standard InChI is InChI=1S/C19H18N2O2/c1-15-7-5-10-17(13-20)18(15)11-6-12-21-19(22)23-14-16-8-3-2-4-9-16/h2-11H,12,14H2,1H3,(H,21,22). The van der Waals surface area contributed by atoms with E-state index in [4.69, 9.17) is 10.00 Å². The van der Waals surface area contributed by atoms with Gasteiger partial charge in [-0.05, 0) is 29.7 Å². The third-order valence-electron chi connectivity index (χ3n) is 3.31. The molecule has 23 heavy (non-hydrogen) atoms. The molecule has 0 bridgehead atoms. The van der Waals surface area contributed by atoms with Crippen molar-refractivity contribution in [3.05, 3.63) is 76.9 Å². The van der Waals surface area contributed by atoms with Gasteiger partial charge < -0.3 is 10.1 Å². The van der Waals surface area contributed by atoms with Gasteiger partial charge in [0.15, 0.2) is 0 Å². The Morgan fingerprint density at radius 3 is 2.74 bits per heavy atom. The van der Waals surface area contributed by atoms with E-state index >= 15 is 0 Å². The van der Waals surface area contributed by atoms with Gasteiger partial charge in [-0.2, -0.15) is 5.26 Å². The number of benzene rings is 2. The van der Waals surface area contributed by atoms with Crippen LogP contribution < -0.4 is 5.32 Å². The summed E-state index contributed by atoms with van der Waals surface area (Å²) in [7, 11) is 0. The summed E-state index contributed by atoms with van der Waals surface area (Å²) in [5.41, 5.74) is 3.45. The summed E-state index contributed by atoms with van der Waals surface area (Å²) in [5.74, 6) is 0. The second-order valence-electron chi connectivity index (χ2n) is 4.99. The van der Waals surface area contributed by atoms with Gasteiger partial charge in [-0.1, -0.05) is 54.6 Å². The lowest BCUT2D eigenvalue weighted by Gasteiger charge is -2.05. The lowest BCUT2D eigenvalue weighted by atomic mass is 10.0. The molecule has 0 aliphatic rings. The Balaban J connectivity index is 1.81. The lowest BCUT2D eigenvalue weighted by molar-refractivity contribution is 0.141. The number of nitrogens with zero attached hydrogens (tertiary/aromatic N) is 1. The molecule has 0 atom stereocenters. The fourth-order valence-corrected chi connectivity index (χ4v) is 2.09.